The molecule has 0 aliphatic heterocycles. The highest BCUT2D eigenvalue weighted by Crippen LogP contribution is 2.15. The van der Waals surface area contributed by atoms with E-state index < -0.39 is 0 Å². The van der Waals surface area contributed by atoms with Gasteiger partial charge in [0.2, 0.25) is 0 Å². The molecule has 0 amide bonds. The summed E-state index contributed by atoms with van der Waals surface area (Å²) in [6.45, 7) is 0.544. The Bertz CT molecular complexity index is 489. The van der Waals surface area contributed by atoms with Gasteiger partial charge in [-0.1, -0.05) is 41.1 Å². The molecule has 0 saturated carbocycles. The van der Waals surface area contributed by atoms with Crippen molar-refractivity contribution in [1.82, 2.24) is 4.57 Å². The number of hydrogen-bond acceptors (Lipinski definition) is 2. The van der Waals surface area contributed by atoms with Crippen LogP contribution >= 0.6 is 22.9 Å². The molecule has 0 aliphatic carbocycles. The Labute approximate surface area is 90.4 Å². The smallest absolute Gasteiger partial charge is 0.301 e. The molecule has 72 valence electrons. The molecule has 0 N–H and O–H groups in total. The molecule has 0 spiro atoms. The number of nitrogens with zero attached hydrogens (tertiary/aromatic N) is 1. The van der Waals surface area contributed by atoms with Gasteiger partial charge in [0.15, 0.2) is 0 Å². The third-order valence-corrected chi connectivity index (χ3v) is 3.01. The average Bonchev–Trinajstić information content (AvgIpc) is 2.56. The number of benzene rings is 1. The van der Waals surface area contributed by atoms with Crippen molar-refractivity contribution < 1.29 is 0 Å². The van der Waals surface area contributed by atoms with Crippen LogP contribution in [0.25, 0.3) is 0 Å². The van der Waals surface area contributed by atoms with E-state index in [4.69, 9.17) is 11.6 Å². The van der Waals surface area contributed by atoms with Gasteiger partial charge in [-0.2, -0.15) is 0 Å². The summed E-state index contributed by atoms with van der Waals surface area (Å²) < 4.78 is 1.64. The first-order chi connectivity index (χ1) is 6.77. The zero-order chi connectivity index (χ0) is 9.97. The van der Waals surface area contributed by atoms with Gasteiger partial charge >= 0.3 is 4.87 Å². The standard InChI is InChI=1S/C10H8ClNOS/c11-9-4-2-1-3-8(9)7-12-5-6-14-10(12)13/h1-6H,7H2. The van der Waals surface area contributed by atoms with E-state index in [1.165, 1.54) is 11.3 Å². The van der Waals surface area contributed by atoms with E-state index in [2.05, 4.69) is 0 Å². The molecule has 1 aromatic carbocycles. The second-order valence-electron chi connectivity index (χ2n) is 2.89. The molecule has 2 aromatic rings. The second kappa shape index (κ2) is 3.98. The Morgan fingerprint density at radius 2 is 2.14 bits per heavy atom. The molecule has 0 bridgehead atoms. The van der Waals surface area contributed by atoms with Gasteiger partial charge in [-0.25, -0.2) is 0 Å². The predicted octanol–water partition coefficient (Wildman–Crippen LogP) is 2.61. The van der Waals surface area contributed by atoms with Crippen molar-refractivity contribution in [3.63, 3.8) is 0 Å². The fourth-order valence-corrected chi connectivity index (χ4v) is 2.00. The number of thiazole rings is 1. The number of aromatic nitrogens is 1. The van der Waals surface area contributed by atoms with Crippen LogP contribution in [0.2, 0.25) is 5.02 Å². The molecule has 0 aliphatic rings. The highest BCUT2D eigenvalue weighted by molar-refractivity contribution is 7.07. The normalized spacial score (nSPS) is 10.4. The lowest BCUT2D eigenvalue weighted by Crippen LogP contribution is -2.12. The molecule has 2 nitrogen and oxygen atoms in total. The van der Waals surface area contributed by atoms with Crippen molar-refractivity contribution in [3.8, 4) is 0 Å². The molecular formula is C10H8ClNOS. The maximum atomic E-state index is 11.3. The molecule has 0 saturated heterocycles. The second-order valence-corrected chi connectivity index (χ2v) is 4.15. The van der Waals surface area contributed by atoms with Gasteiger partial charge < -0.3 is 4.57 Å². The highest BCUT2D eigenvalue weighted by Gasteiger charge is 2.01. The summed E-state index contributed by atoms with van der Waals surface area (Å²) in [4.78, 5) is 11.3. The minimum Gasteiger partial charge on any atom is -0.301 e. The van der Waals surface area contributed by atoms with E-state index in [0.717, 1.165) is 5.56 Å². The van der Waals surface area contributed by atoms with Gasteiger partial charge in [0, 0.05) is 16.6 Å². The number of rotatable bonds is 2. The summed E-state index contributed by atoms with van der Waals surface area (Å²) in [5.74, 6) is 0. The Balaban J connectivity index is 2.32. The molecule has 4 heteroatoms. The zero-order valence-electron chi connectivity index (χ0n) is 7.31. The molecule has 0 atom stereocenters. The van der Waals surface area contributed by atoms with Gasteiger partial charge in [-0.05, 0) is 11.6 Å². The minimum atomic E-state index is 0.0462. The minimum absolute atomic E-state index is 0.0462. The van der Waals surface area contributed by atoms with E-state index in [0.29, 0.717) is 11.6 Å². The highest BCUT2D eigenvalue weighted by atomic mass is 35.5. The third-order valence-electron chi connectivity index (χ3n) is 1.94. The van der Waals surface area contributed by atoms with E-state index in [1.807, 2.05) is 24.3 Å². The summed E-state index contributed by atoms with van der Waals surface area (Å²) in [6, 6.07) is 7.54. The summed E-state index contributed by atoms with van der Waals surface area (Å²) in [6.07, 6.45) is 1.77. The van der Waals surface area contributed by atoms with Gasteiger partial charge in [0.05, 0.1) is 6.54 Å². The van der Waals surface area contributed by atoms with Gasteiger partial charge in [-0.3, -0.25) is 4.79 Å². The van der Waals surface area contributed by atoms with Crippen molar-refractivity contribution >= 4 is 22.9 Å². The molecular weight excluding hydrogens is 218 g/mol. The van der Waals surface area contributed by atoms with E-state index in [-0.39, 0.29) is 4.87 Å². The van der Waals surface area contributed by atoms with Crippen molar-refractivity contribution in [1.29, 1.82) is 0 Å². The molecule has 1 heterocycles. The first-order valence-electron chi connectivity index (χ1n) is 4.15. The van der Waals surface area contributed by atoms with Crippen LogP contribution in [0.1, 0.15) is 5.56 Å². The lowest BCUT2D eigenvalue weighted by atomic mass is 10.2. The lowest BCUT2D eigenvalue weighted by molar-refractivity contribution is 0.784. The lowest BCUT2D eigenvalue weighted by Gasteiger charge is -2.03. The van der Waals surface area contributed by atoms with Crippen LogP contribution in [-0.4, -0.2) is 4.57 Å². The quantitative estimate of drug-likeness (QED) is 0.770. The zero-order valence-corrected chi connectivity index (χ0v) is 8.89. The van der Waals surface area contributed by atoms with E-state index >= 15 is 0 Å². The Morgan fingerprint density at radius 3 is 2.79 bits per heavy atom. The summed E-state index contributed by atoms with van der Waals surface area (Å²) in [5, 5.41) is 2.48. The van der Waals surface area contributed by atoms with Crippen molar-refractivity contribution in [2.45, 2.75) is 6.54 Å². The topological polar surface area (TPSA) is 22.0 Å². The van der Waals surface area contributed by atoms with Crippen molar-refractivity contribution in [3.05, 3.63) is 56.1 Å². The Morgan fingerprint density at radius 1 is 1.36 bits per heavy atom. The van der Waals surface area contributed by atoms with Crippen LogP contribution in [0.4, 0.5) is 0 Å². The first-order valence-corrected chi connectivity index (χ1v) is 5.40. The first kappa shape index (κ1) is 9.49. The Kier molecular flexibility index (Phi) is 2.70. The Hall–Kier alpha value is -1.06. The van der Waals surface area contributed by atoms with Crippen LogP contribution < -0.4 is 4.87 Å². The third kappa shape index (κ3) is 1.89. The SMILES string of the molecule is O=c1sccn1Cc1ccccc1Cl. The van der Waals surface area contributed by atoms with Gasteiger partial charge in [0.25, 0.3) is 0 Å². The summed E-state index contributed by atoms with van der Waals surface area (Å²) >= 11 is 7.18. The summed E-state index contributed by atoms with van der Waals surface area (Å²) in [5.41, 5.74) is 0.967. The van der Waals surface area contributed by atoms with Crippen LogP contribution in [0.3, 0.4) is 0 Å². The van der Waals surface area contributed by atoms with E-state index in [1.54, 1.807) is 16.1 Å². The van der Waals surface area contributed by atoms with Crippen LogP contribution in [0.5, 0.6) is 0 Å². The number of hydrogen-bond donors (Lipinski definition) is 0. The molecule has 2 rings (SSSR count). The van der Waals surface area contributed by atoms with Crippen molar-refractivity contribution in [2.24, 2.45) is 0 Å². The number of halogens is 1. The maximum Gasteiger partial charge on any atom is 0.307 e. The van der Waals surface area contributed by atoms with Gasteiger partial charge in [0.1, 0.15) is 0 Å². The molecule has 0 unspecified atom stereocenters. The maximum absolute atomic E-state index is 11.3. The largest absolute Gasteiger partial charge is 0.307 e. The van der Waals surface area contributed by atoms with Crippen LogP contribution in [0, 0.1) is 0 Å². The molecule has 0 radical (unpaired) electrons. The van der Waals surface area contributed by atoms with E-state index in [9.17, 15) is 4.79 Å². The molecule has 0 fully saturated rings. The fourth-order valence-electron chi connectivity index (χ4n) is 1.22. The monoisotopic (exact) mass is 225 g/mol. The predicted molar refractivity (Wildman–Crippen MR) is 59.1 cm³/mol. The average molecular weight is 226 g/mol. The molecule has 1 aromatic heterocycles. The fraction of sp³-hybridized carbons (Fsp3) is 0.100. The van der Waals surface area contributed by atoms with Crippen LogP contribution in [0.15, 0.2) is 40.6 Å². The summed E-state index contributed by atoms with van der Waals surface area (Å²) in [7, 11) is 0. The van der Waals surface area contributed by atoms with Gasteiger partial charge in [-0.15, -0.1) is 0 Å². The molecule has 14 heavy (non-hydrogen) atoms. The van der Waals surface area contributed by atoms with Crippen LogP contribution in [-0.2, 0) is 6.54 Å². The van der Waals surface area contributed by atoms with Crippen molar-refractivity contribution in [2.75, 3.05) is 0 Å².